The molecule has 7 heteroatoms. The molecule has 5 rings (SSSR count). The van der Waals surface area contributed by atoms with Crippen LogP contribution in [0.2, 0.25) is 0 Å². The van der Waals surface area contributed by atoms with Crippen LogP contribution < -0.4 is 5.56 Å². The third-order valence-electron chi connectivity index (χ3n) is 5.56. The minimum Gasteiger partial charge on any atom is -0.329 e. The minimum absolute atomic E-state index is 0.295. The molecular weight excluding hydrogens is 398 g/mol. The van der Waals surface area contributed by atoms with Gasteiger partial charge in [-0.2, -0.15) is 5.10 Å². The van der Waals surface area contributed by atoms with Crippen LogP contribution in [0, 0.1) is 11.6 Å². The highest BCUT2D eigenvalue weighted by Crippen LogP contribution is 2.34. The summed E-state index contributed by atoms with van der Waals surface area (Å²) < 4.78 is 31.0. The van der Waals surface area contributed by atoms with E-state index in [1.807, 2.05) is 13.1 Å². The Labute approximate surface area is 177 Å². The molecule has 0 saturated carbocycles. The van der Waals surface area contributed by atoms with Gasteiger partial charge in [0.05, 0.1) is 17.9 Å². The molecule has 0 atom stereocenters. The number of nitrogens with zero attached hydrogens (tertiary/aromatic N) is 3. The molecule has 0 aliphatic carbocycles. The number of rotatable bonds is 4. The molecule has 156 valence electrons. The maximum absolute atomic E-state index is 14.7. The topological polar surface area (TPSA) is 53.9 Å². The number of H-pyrrole nitrogens is 1. The van der Waals surface area contributed by atoms with Crippen molar-refractivity contribution in [2.24, 2.45) is 0 Å². The van der Waals surface area contributed by atoms with Crippen LogP contribution in [-0.2, 0) is 19.6 Å². The highest BCUT2D eigenvalue weighted by atomic mass is 19.1. The normalized spacial score (nSPS) is 13.5. The van der Waals surface area contributed by atoms with Gasteiger partial charge < -0.3 is 4.98 Å². The standard InChI is InChI=1S/C24H20F2N4O/c1-29-13-19-22(14-29)28-30(24(19)17-4-2-3-5-20(17)25)12-15-6-7-21(26)18(10-15)16-8-9-27-23(31)11-16/h2-11H,12-14H2,1H3,(H,27,31). The molecule has 4 aromatic rings. The number of pyridine rings is 1. The van der Waals surface area contributed by atoms with Crippen LogP contribution in [0.3, 0.4) is 0 Å². The fourth-order valence-electron chi connectivity index (χ4n) is 4.17. The van der Waals surface area contributed by atoms with Crippen molar-refractivity contribution in [2.45, 2.75) is 19.6 Å². The van der Waals surface area contributed by atoms with Gasteiger partial charge in [0.25, 0.3) is 0 Å². The lowest BCUT2D eigenvalue weighted by molar-refractivity contribution is 0.346. The lowest BCUT2D eigenvalue weighted by Crippen LogP contribution is -2.13. The number of hydrogen-bond donors (Lipinski definition) is 1. The van der Waals surface area contributed by atoms with Gasteiger partial charge in [-0.05, 0) is 48.5 Å². The Morgan fingerprint density at radius 2 is 1.81 bits per heavy atom. The Balaban J connectivity index is 1.59. The Hall–Kier alpha value is -3.58. The van der Waals surface area contributed by atoms with Gasteiger partial charge >= 0.3 is 0 Å². The number of hydrogen-bond acceptors (Lipinski definition) is 3. The maximum Gasteiger partial charge on any atom is 0.248 e. The van der Waals surface area contributed by atoms with Crippen LogP contribution in [0.1, 0.15) is 16.8 Å². The summed E-state index contributed by atoms with van der Waals surface area (Å²) >= 11 is 0. The number of halogens is 2. The molecule has 0 unspecified atom stereocenters. The summed E-state index contributed by atoms with van der Waals surface area (Å²) in [6, 6.07) is 14.5. The van der Waals surface area contributed by atoms with E-state index in [0.717, 1.165) is 22.5 Å². The second-order valence-electron chi connectivity index (χ2n) is 7.84. The van der Waals surface area contributed by atoms with Crippen molar-refractivity contribution in [3.05, 3.63) is 99.6 Å². The van der Waals surface area contributed by atoms with E-state index in [-0.39, 0.29) is 11.4 Å². The molecule has 0 spiro atoms. The molecular formula is C24H20F2N4O. The van der Waals surface area contributed by atoms with Crippen molar-refractivity contribution in [2.75, 3.05) is 7.05 Å². The summed E-state index contributed by atoms with van der Waals surface area (Å²) in [7, 11) is 2.00. The van der Waals surface area contributed by atoms with E-state index in [9.17, 15) is 13.6 Å². The van der Waals surface area contributed by atoms with Gasteiger partial charge in [-0.3, -0.25) is 14.4 Å². The molecule has 0 saturated heterocycles. The first-order valence-electron chi connectivity index (χ1n) is 9.99. The average Bonchev–Trinajstić information content (AvgIpc) is 3.25. The van der Waals surface area contributed by atoms with Crippen molar-refractivity contribution < 1.29 is 8.78 Å². The average molecular weight is 418 g/mol. The molecule has 1 aliphatic rings. The SMILES string of the molecule is CN1Cc2nn(Cc3ccc(F)c(-c4cc[nH]c(=O)c4)c3)c(-c3ccccc3F)c2C1. The Morgan fingerprint density at radius 3 is 2.61 bits per heavy atom. The number of nitrogens with one attached hydrogen (secondary N) is 1. The summed E-state index contributed by atoms with van der Waals surface area (Å²) in [4.78, 5) is 16.3. The van der Waals surface area contributed by atoms with E-state index in [2.05, 4.69) is 9.88 Å². The number of benzene rings is 2. The zero-order chi connectivity index (χ0) is 21.5. The number of aromatic amines is 1. The maximum atomic E-state index is 14.7. The van der Waals surface area contributed by atoms with Crippen molar-refractivity contribution in [3.8, 4) is 22.4 Å². The van der Waals surface area contributed by atoms with Gasteiger partial charge in [0, 0.05) is 42.0 Å². The van der Waals surface area contributed by atoms with E-state index in [1.165, 1.54) is 24.4 Å². The van der Waals surface area contributed by atoms with Gasteiger partial charge in [0.2, 0.25) is 5.56 Å². The first-order chi connectivity index (χ1) is 15.0. The molecule has 1 N–H and O–H groups in total. The predicted molar refractivity (Wildman–Crippen MR) is 114 cm³/mol. The lowest BCUT2D eigenvalue weighted by atomic mass is 10.0. The van der Waals surface area contributed by atoms with Crippen LogP contribution in [0.5, 0.6) is 0 Å². The van der Waals surface area contributed by atoms with E-state index >= 15 is 0 Å². The quantitative estimate of drug-likeness (QED) is 0.541. The van der Waals surface area contributed by atoms with Crippen molar-refractivity contribution in [3.63, 3.8) is 0 Å². The summed E-state index contributed by atoms with van der Waals surface area (Å²) in [5.74, 6) is -0.711. The lowest BCUT2D eigenvalue weighted by Gasteiger charge is -2.14. The summed E-state index contributed by atoms with van der Waals surface area (Å²) in [5, 5.41) is 4.75. The molecule has 2 aromatic carbocycles. The van der Waals surface area contributed by atoms with Crippen LogP contribution >= 0.6 is 0 Å². The first kappa shape index (κ1) is 19.4. The molecule has 2 aromatic heterocycles. The summed E-state index contributed by atoms with van der Waals surface area (Å²) in [5.41, 5.74) is 4.56. The molecule has 31 heavy (non-hydrogen) atoms. The number of fused-ring (bicyclic) bond motifs is 1. The Kier molecular flexibility index (Phi) is 4.75. The van der Waals surface area contributed by atoms with Crippen LogP contribution in [0.4, 0.5) is 8.78 Å². The largest absolute Gasteiger partial charge is 0.329 e. The van der Waals surface area contributed by atoms with E-state index < -0.39 is 5.82 Å². The highest BCUT2D eigenvalue weighted by Gasteiger charge is 2.27. The molecule has 0 amide bonds. The third kappa shape index (κ3) is 3.57. The van der Waals surface area contributed by atoms with E-state index in [1.54, 1.807) is 35.0 Å². The van der Waals surface area contributed by atoms with Crippen molar-refractivity contribution in [1.29, 1.82) is 0 Å². The smallest absolute Gasteiger partial charge is 0.248 e. The zero-order valence-electron chi connectivity index (χ0n) is 16.9. The fraction of sp³-hybridized carbons (Fsp3) is 0.167. The van der Waals surface area contributed by atoms with Crippen LogP contribution in [0.15, 0.2) is 65.6 Å². The van der Waals surface area contributed by atoms with Gasteiger partial charge in [0.1, 0.15) is 11.6 Å². The van der Waals surface area contributed by atoms with Crippen LogP contribution in [0.25, 0.3) is 22.4 Å². The molecule has 0 radical (unpaired) electrons. The number of aromatic nitrogens is 3. The Bertz CT molecular complexity index is 1340. The van der Waals surface area contributed by atoms with E-state index in [0.29, 0.717) is 36.3 Å². The van der Waals surface area contributed by atoms with Gasteiger partial charge in [-0.25, -0.2) is 8.78 Å². The zero-order valence-corrected chi connectivity index (χ0v) is 16.9. The minimum atomic E-state index is -0.409. The van der Waals surface area contributed by atoms with Gasteiger partial charge in [0.15, 0.2) is 0 Å². The molecule has 5 nitrogen and oxygen atoms in total. The molecule has 1 aliphatic heterocycles. The van der Waals surface area contributed by atoms with Crippen molar-refractivity contribution >= 4 is 0 Å². The Morgan fingerprint density at radius 1 is 1.00 bits per heavy atom. The summed E-state index contributed by atoms with van der Waals surface area (Å²) in [6.45, 7) is 1.75. The monoisotopic (exact) mass is 418 g/mol. The summed E-state index contributed by atoms with van der Waals surface area (Å²) in [6.07, 6.45) is 1.49. The molecule has 0 fully saturated rings. The second-order valence-corrected chi connectivity index (χ2v) is 7.84. The molecule has 0 bridgehead atoms. The van der Waals surface area contributed by atoms with E-state index in [4.69, 9.17) is 5.10 Å². The third-order valence-corrected chi connectivity index (χ3v) is 5.56. The van der Waals surface area contributed by atoms with Crippen molar-refractivity contribution in [1.82, 2.24) is 19.7 Å². The van der Waals surface area contributed by atoms with Gasteiger partial charge in [-0.15, -0.1) is 0 Å². The predicted octanol–water partition coefficient (Wildman–Crippen LogP) is 4.18. The fourth-order valence-corrected chi connectivity index (χ4v) is 4.17. The highest BCUT2D eigenvalue weighted by molar-refractivity contribution is 5.67. The molecule has 3 heterocycles. The van der Waals surface area contributed by atoms with Crippen LogP contribution in [-0.4, -0.2) is 26.7 Å². The second kappa shape index (κ2) is 7.59. The first-order valence-corrected chi connectivity index (χ1v) is 9.99. The van der Waals surface area contributed by atoms with Gasteiger partial charge in [-0.1, -0.05) is 18.2 Å².